The summed E-state index contributed by atoms with van der Waals surface area (Å²) in [6, 6.07) is 0. The van der Waals surface area contributed by atoms with E-state index in [4.69, 9.17) is 4.74 Å². The maximum atomic E-state index is 11.3. The molecule has 1 fully saturated rings. The van der Waals surface area contributed by atoms with Crippen molar-refractivity contribution in [3.05, 3.63) is 0 Å². The van der Waals surface area contributed by atoms with Gasteiger partial charge >= 0.3 is 7.75 Å². The molecule has 2 N–H and O–H groups in total. The van der Waals surface area contributed by atoms with Gasteiger partial charge < -0.3 is 14.5 Å². The topological polar surface area (TPSA) is 70.0 Å². The standard InChI is InChI=1S/C10H22NO4P/c1-8(2)10(9(3)4)7-11(5-6-15-10)16(12,13)14/h8-9H,5-7H2,1-4H3,(H2,12,13,14). The van der Waals surface area contributed by atoms with Crippen molar-refractivity contribution in [3.8, 4) is 0 Å². The number of morpholine rings is 1. The van der Waals surface area contributed by atoms with Gasteiger partial charge in [-0.15, -0.1) is 0 Å². The predicted molar refractivity (Wildman–Crippen MR) is 62.0 cm³/mol. The van der Waals surface area contributed by atoms with Gasteiger partial charge in [0.15, 0.2) is 0 Å². The van der Waals surface area contributed by atoms with Crippen molar-refractivity contribution in [2.45, 2.75) is 33.3 Å². The zero-order valence-corrected chi connectivity index (χ0v) is 11.3. The highest BCUT2D eigenvalue weighted by molar-refractivity contribution is 7.49. The molecule has 1 heterocycles. The lowest BCUT2D eigenvalue weighted by atomic mass is 9.79. The van der Waals surface area contributed by atoms with E-state index in [1.165, 1.54) is 4.67 Å². The van der Waals surface area contributed by atoms with Gasteiger partial charge in [-0.05, 0) is 11.8 Å². The Kier molecular flexibility index (Phi) is 4.19. The third-order valence-corrected chi connectivity index (χ3v) is 4.55. The van der Waals surface area contributed by atoms with Gasteiger partial charge in [-0.2, -0.15) is 0 Å². The molecule has 0 radical (unpaired) electrons. The van der Waals surface area contributed by atoms with Crippen LogP contribution in [-0.2, 0) is 9.30 Å². The molecular formula is C10H22NO4P. The van der Waals surface area contributed by atoms with Crippen LogP contribution in [-0.4, -0.2) is 39.8 Å². The fourth-order valence-corrected chi connectivity index (χ4v) is 3.09. The number of hydrogen-bond acceptors (Lipinski definition) is 2. The van der Waals surface area contributed by atoms with Gasteiger partial charge in [0.25, 0.3) is 0 Å². The normalized spacial score (nSPS) is 23.0. The highest BCUT2D eigenvalue weighted by atomic mass is 31.2. The Labute approximate surface area is 97.0 Å². The van der Waals surface area contributed by atoms with Crippen molar-refractivity contribution in [2.24, 2.45) is 11.8 Å². The van der Waals surface area contributed by atoms with Crippen LogP contribution < -0.4 is 0 Å². The van der Waals surface area contributed by atoms with Crippen LogP contribution >= 0.6 is 7.75 Å². The molecule has 0 aliphatic carbocycles. The Morgan fingerprint density at radius 2 is 1.75 bits per heavy atom. The summed E-state index contributed by atoms with van der Waals surface area (Å²) < 4.78 is 18.3. The van der Waals surface area contributed by atoms with E-state index < -0.39 is 13.3 Å². The monoisotopic (exact) mass is 251 g/mol. The summed E-state index contributed by atoms with van der Waals surface area (Å²) >= 11 is 0. The van der Waals surface area contributed by atoms with Crippen molar-refractivity contribution >= 4 is 7.75 Å². The quantitative estimate of drug-likeness (QED) is 0.743. The van der Waals surface area contributed by atoms with Crippen molar-refractivity contribution in [1.29, 1.82) is 0 Å². The van der Waals surface area contributed by atoms with Gasteiger partial charge in [-0.3, -0.25) is 0 Å². The Morgan fingerprint density at radius 1 is 1.25 bits per heavy atom. The fraction of sp³-hybridized carbons (Fsp3) is 1.00. The van der Waals surface area contributed by atoms with E-state index in [2.05, 4.69) is 0 Å². The second-order valence-electron chi connectivity index (χ2n) is 5.01. The molecule has 0 aromatic rings. The van der Waals surface area contributed by atoms with Gasteiger partial charge in [-0.1, -0.05) is 27.7 Å². The Hall–Kier alpha value is 0.0700. The molecule has 0 bridgehead atoms. The maximum Gasteiger partial charge on any atom is 0.403 e. The number of rotatable bonds is 3. The van der Waals surface area contributed by atoms with Gasteiger partial charge in [0.05, 0.1) is 12.2 Å². The van der Waals surface area contributed by atoms with Crippen LogP contribution in [0, 0.1) is 11.8 Å². The third-order valence-electron chi connectivity index (χ3n) is 3.47. The highest BCUT2D eigenvalue weighted by Gasteiger charge is 2.45. The van der Waals surface area contributed by atoms with Gasteiger partial charge in [-0.25, -0.2) is 9.24 Å². The lowest BCUT2D eigenvalue weighted by Crippen LogP contribution is -2.56. The lowest BCUT2D eigenvalue weighted by molar-refractivity contribution is -0.147. The summed E-state index contributed by atoms with van der Waals surface area (Å²) in [5, 5.41) is 0. The molecule has 6 heteroatoms. The van der Waals surface area contributed by atoms with Crippen molar-refractivity contribution in [3.63, 3.8) is 0 Å². The van der Waals surface area contributed by atoms with E-state index in [1.807, 2.05) is 27.7 Å². The van der Waals surface area contributed by atoms with E-state index in [0.717, 1.165) is 0 Å². The van der Waals surface area contributed by atoms with E-state index in [9.17, 15) is 14.4 Å². The zero-order valence-electron chi connectivity index (χ0n) is 10.4. The van der Waals surface area contributed by atoms with E-state index in [-0.39, 0.29) is 11.8 Å². The minimum Gasteiger partial charge on any atom is -0.372 e. The molecule has 5 nitrogen and oxygen atoms in total. The zero-order chi connectivity index (χ0) is 12.6. The summed E-state index contributed by atoms with van der Waals surface area (Å²) in [6.45, 7) is 9.10. The number of nitrogens with zero attached hydrogens (tertiary/aromatic N) is 1. The summed E-state index contributed by atoms with van der Waals surface area (Å²) in [6.07, 6.45) is 0. The van der Waals surface area contributed by atoms with Crippen LogP contribution in [0.3, 0.4) is 0 Å². The summed E-state index contributed by atoms with van der Waals surface area (Å²) in [4.78, 5) is 18.4. The summed E-state index contributed by atoms with van der Waals surface area (Å²) in [5.74, 6) is 0.448. The Morgan fingerprint density at radius 3 is 2.12 bits per heavy atom. The molecule has 0 unspecified atom stereocenters. The minimum absolute atomic E-state index is 0.224. The van der Waals surface area contributed by atoms with Crippen LogP contribution in [0.25, 0.3) is 0 Å². The van der Waals surface area contributed by atoms with Gasteiger partial charge in [0.2, 0.25) is 0 Å². The van der Waals surface area contributed by atoms with Crippen LogP contribution in [0.5, 0.6) is 0 Å². The number of ether oxygens (including phenoxy) is 1. The van der Waals surface area contributed by atoms with Gasteiger partial charge in [0.1, 0.15) is 0 Å². The van der Waals surface area contributed by atoms with Crippen molar-refractivity contribution < 1.29 is 19.1 Å². The Bertz CT molecular complexity index is 279. The predicted octanol–water partition coefficient (Wildman–Crippen LogP) is 1.46. The first kappa shape index (κ1) is 14.1. The number of hydrogen-bond donors (Lipinski definition) is 2. The third kappa shape index (κ3) is 2.66. The molecule has 1 saturated heterocycles. The second-order valence-corrected chi connectivity index (χ2v) is 6.61. The molecule has 0 saturated carbocycles. The molecule has 0 atom stereocenters. The molecule has 0 aromatic heterocycles. The fourth-order valence-electron chi connectivity index (χ4n) is 2.34. The first-order valence-electron chi connectivity index (χ1n) is 5.65. The van der Waals surface area contributed by atoms with Crippen LogP contribution in [0.15, 0.2) is 0 Å². The SMILES string of the molecule is CC(C)C1(C(C)C)CN(P(=O)(O)O)CCO1. The minimum atomic E-state index is -4.15. The van der Waals surface area contributed by atoms with Gasteiger partial charge in [0, 0.05) is 13.1 Å². The van der Waals surface area contributed by atoms with Crippen LogP contribution in [0.4, 0.5) is 0 Å². The Balaban J connectivity index is 2.93. The largest absolute Gasteiger partial charge is 0.403 e. The molecule has 1 rings (SSSR count). The average Bonchev–Trinajstić information content (AvgIpc) is 2.16. The second kappa shape index (κ2) is 4.75. The van der Waals surface area contributed by atoms with Crippen molar-refractivity contribution in [2.75, 3.05) is 19.7 Å². The molecule has 96 valence electrons. The van der Waals surface area contributed by atoms with E-state index >= 15 is 0 Å². The molecule has 16 heavy (non-hydrogen) atoms. The first-order chi connectivity index (χ1) is 7.20. The molecule has 1 aliphatic rings. The summed E-state index contributed by atoms with van der Waals surface area (Å²) in [7, 11) is -4.15. The molecule has 0 amide bonds. The van der Waals surface area contributed by atoms with Crippen LogP contribution in [0.2, 0.25) is 0 Å². The highest BCUT2D eigenvalue weighted by Crippen LogP contribution is 2.45. The molecular weight excluding hydrogens is 229 g/mol. The van der Waals surface area contributed by atoms with Crippen molar-refractivity contribution in [1.82, 2.24) is 4.67 Å². The molecule has 0 aromatic carbocycles. The first-order valence-corrected chi connectivity index (χ1v) is 7.21. The molecule has 0 spiro atoms. The maximum absolute atomic E-state index is 11.3. The smallest absolute Gasteiger partial charge is 0.372 e. The van der Waals surface area contributed by atoms with Crippen LogP contribution in [0.1, 0.15) is 27.7 Å². The lowest BCUT2D eigenvalue weighted by Gasteiger charge is -2.47. The van der Waals surface area contributed by atoms with E-state index in [0.29, 0.717) is 19.7 Å². The molecule has 1 aliphatic heterocycles. The average molecular weight is 251 g/mol. The summed E-state index contributed by atoms with van der Waals surface area (Å²) in [5.41, 5.74) is -0.459. The van der Waals surface area contributed by atoms with E-state index in [1.54, 1.807) is 0 Å².